The average molecular weight is 433 g/mol. The molecule has 0 N–H and O–H groups in total. The van der Waals surface area contributed by atoms with Gasteiger partial charge in [0.15, 0.2) is 0 Å². The Labute approximate surface area is 186 Å². The lowest BCUT2D eigenvalue weighted by Crippen LogP contribution is -2.40. The second-order valence-corrected chi connectivity index (χ2v) is 7.76. The fourth-order valence-corrected chi connectivity index (χ4v) is 3.98. The van der Waals surface area contributed by atoms with E-state index in [9.17, 15) is 14.0 Å². The highest BCUT2D eigenvalue weighted by atomic mass is 19.1. The zero-order chi connectivity index (χ0) is 22.7. The van der Waals surface area contributed by atoms with Gasteiger partial charge in [-0.05, 0) is 61.2 Å². The van der Waals surface area contributed by atoms with Crippen LogP contribution in [0.1, 0.15) is 35.7 Å². The number of benzene rings is 2. The van der Waals surface area contributed by atoms with E-state index in [2.05, 4.69) is 4.98 Å². The third-order valence-corrected chi connectivity index (χ3v) is 5.59. The van der Waals surface area contributed by atoms with Gasteiger partial charge in [-0.1, -0.05) is 18.2 Å². The molecule has 1 aliphatic heterocycles. The van der Waals surface area contributed by atoms with E-state index in [1.165, 1.54) is 12.1 Å². The molecule has 0 saturated carbocycles. The average Bonchev–Trinajstić information content (AvgIpc) is 3.23. The highest BCUT2D eigenvalue weighted by Gasteiger charge is 2.30. The van der Waals surface area contributed by atoms with Gasteiger partial charge in [0.2, 0.25) is 0 Å². The Morgan fingerprint density at radius 3 is 2.62 bits per heavy atom. The van der Waals surface area contributed by atoms with Crippen molar-refractivity contribution in [3.05, 3.63) is 83.2 Å². The quantitative estimate of drug-likeness (QED) is 0.430. The van der Waals surface area contributed by atoms with Gasteiger partial charge in [-0.25, -0.2) is 9.37 Å². The monoisotopic (exact) mass is 433 g/mol. The summed E-state index contributed by atoms with van der Waals surface area (Å²) in [5.41, 5.74) is 3.80. The minimum absolute atomic E-state index is 0.189. The maximum atomic E-state index is 13.3. The summed E-state index contributed by atoms with van der Waals surface area (Å²) in [5.74, 6) is 0.0899. The molecule has 0 bridgehead atoms. The second kappa shape index (κ2) is 9.18. The van der Waals surface area contributed by atoms with Crippen molar-refractivity contribution in [3.63, 3.8) is 0 Å². The molecule has 0 spiro atoms. The van der Waals surface area contributed by atoms with Gasteiger partial charge < -0.3 is 19.0 Å². The topological polar surface area (TPSA) is 64.4 Å². The molecule has 1 atom stereocenters. The third kappa shape index (κ3) is 4.32. The van der Waals surface area contributed by atoms with Crippen molar-refractivity contribution in [1.29, 1.82) is 0 Å². The molecule has 164 valence electrons. The van der Waals surface area contributed by atoms with Gasteiger partial charge in [-0.2, -0.15) is 0 Å². The number of rotatable bonds is 6. The van der Waals surface area contributed by atoms with Crippen LogP contribution in [0.5, 0.6) is 5.75 Å². The number of aldehydes is 1. The van der Waals surface area contributed by atoms with Crippen LogP contribution in [0.25, 0.3) is 11.8 Å². The Morgan fingerprint density at radius 2 is 1.97 bits per heavy atom. The number of halogens is 1. The predicted octanol–water partition coefficient (Wildman–Crippen LogP) is 4.27. The third-order valence-electron chi connectivity index (χ3n) is 5.59. The molecule has 7 heteroatoms. The fraction of sp³-hybridized carbons (Fsp3) is 0.240. The number of hydrogen-bond acceptors (Lipinski definition) is 4. The molecule has 3 aromatic rings. The molecular weight excluding hydrogens is 409 g/mol. The smallest absolute Gasteiger partial charge is 0.250 e. The van der Waals surface area contributed by atoms with Crippen LogP contribution in [-0.4, -0.2) is 40.3 Å². The van der Waals surface area contributed by atoms with Crippen molar-refractivity contribution < 1.29 is 18.7 Å². The van der Waals surface area contributed by atoms with Crippen LogP contribution >= 0.6 is 0 Å². The first-order valence-electron chi connectivity index (χ1n) is 10.4. The lowest BCUT2D eigenvalue weighted by molar-refractivity contribution is -0.134. The number of carbonyl (C=O) groups excluding carboxylic acids is 2. The molecule has 1 unspecified atom stereocenters. The lowest BCUT2D eigenvalue weighted by atomic mass is 9.97. The predicted molar refractivity (Wildman–Crippen MR) is 119 cm³/mol. The van der Waals surface area contributed by atoms with Crippen molar-refractivity contribution in [2.75, 3.05) is 13.7 Å². The normalized spacial score (nSPS) is 16.3. The first kappa shape index (κ1) is 21.5. The Balaban J connectivity index is 1.61. The van der Waals surface area contributed by atoms with E-state index >= 15 is 0 Å². The summed E-state index contributed by atoms with van der Waals surface area (Å²) in [6.07, 6.45) is 7.57. The van der Waals surface area contributed by atoms with Crippen molar-refractivity contribution in [3.8, 4) is 11.4 Å². The molecule has 0 aliphatic carbocycles. The Kier molecular flexibility index (Phi) is 6.16. The van der Waals surface area contributed by atoms with E-state index in [-0.39, 0.29) is 11.7 Å². The van der Waals surface area contributed by atoms with E-state index in [1.807, 2.05) is 42.0 Å². The molecule has 1 fully saturated rings. The number of carbonyl (C=O) groups is 2. The number of aromatic nitrogens is 2. The van der Waals surface area contributed by atoms with Crippen molar-refractivity contribution in [2.24, 2.45) is 0 Å². The molecule has 2 heterocycles. The summed E-state index contributed by atoms with van der Waals surface area (Å²) in [7, 11) is 1.60. The lowest BCUT2D eigenvalue weighted by Gasteiger charge is -2.33. The summed E-state index contributed by atoms with van der Waals surface area (Å²) in [5, 5.41) is 0. The van der Waals surface area contributed by atoms with E-state index < -0.39 is 6.04 Å². The number of likely N-dealkylation sites (tertiary alicyclic amines) is 1. The summed E-state index contributed by atoms with van der Waals surface area (Å²) < 4.78 is 20.7. The van der Waals surface area contributed by atoms with Crippen molar-refractivity contribution in [2.45, 2.75) is 25.8 Å². The van der Waals surface area contributed by atoms with Crippen LogP contribution in [0.3, 0.4) is 0 Å². The number of piperidine rings is 1. The van der Waals surface area contributed by atoms with E-state index in [0.717, 1.165) is 29.7 Å². The van der Waals surface area contributed by atoms with Gasteiger partial charge in [-0.15, -0.1) is 0 Å². The SMILES string of the molecule is COc1cc(/C=C2\CCCN(C(C=O)c3ccc(F)cc3)C2=O)ccc1-n1cnc(C)c1. The van der Waals surface area contributed by atoms with Gasteiger partial charge >= 0.3 is 0 Å². The number of aryl methyl sites for hydroxylation is 1. The molecule has 1 amide bonds. The molecular formula is C25H24FN3O3. The highest BCUT2D eigenvalue weighted by Crippen LogP contribution is 2.30. The van der Waals surface area contributed by atoms with Gasteiger partial charge in [0.1, 0.15) is 23.9 Å². The first-order chi connectivity index (χ1) is 15.5. The van der Waals surface area contributed by atoms with Crippen LogP contribution in [0, 0.1) is 12.7 Å². The van der Waals surface area contributed by atoms with E-state index in [1.54, 1.807) is 30.5 Å². The number of hydrogen-bond donors (Lipinski definition) is 0. The summed E-state index contributed by atoms with van der Waals surface area (Å²) in [6.45, 7) is 2.39. The molecule has 1 aromatic heterocycles. The van der Waals surface area contributed by atoms with Crippen molar-refractivity contribution in [1.82, 2.24) is 14.5 Å². The van der Waals surface area contributed by atoms with E-state index in [0.29, 0.717) is 29.9 Å². The molecule has 0 radical (unpaired) electrons. The Bertz CT molecular complexity index is 1170. The molecule has 1 aliphatic rings. The summed E-state index contributed by atoms with van der Waals surface area (Å²) >= 11 is 0. The van der Waals surface area contributed by atoms with Gasteiger partial charge in [0, 0.05) is 18.3 Å². The van der Waals surface area contributed by atoms with Crippen LogP contribution in [-0.2, 0) is 9.59 Å². The number of amides is 1. The number of nitrogens with zero attached hydrogens (tertiary/aromatic N) is 3. The van der Waals surface area contributed by atoms with E-state index in [4.69, 9.17) is 4.74 Å². The van der Waals surface area contributed by atoms with Crippen molar-refractivity contribution >= 4 is 18.3 Å². The first-order valence-corrected chi connectivity index (χ1v) is 10.4. The van der Waals surface area contributed by atoms with Crippen LogP contribution in [0.15, 0.2) is 60.6 Å². The highest BCUT2D eigenvalue weighted by molar-refractivity contribution is 6.00. The van der Waals surface area contributed by atoms with Crippen LogP contribution < -0.4 is 4.74 Å². The van der Waals surface area contributed by atoms with Crippen LogP contribution in [0.2, 0.25) is 0 Å². The van der Waals surface area contributed by atoms with Gasteiger partial charge in [-0.3, -0.25) is 4.79 Å². The molecule has 1 saturated heterocycles. The molecule has 4 rings (SSSR count). The molecule has 32 heavy (non-hydrogen) atoms. The maximum Gasteiger partial charge on any atom is 0.250 e. The summed E-state index contributed by atoms with van der Waals surface area (Å²) in [4.78, 5) is 30.8. The second-order valence-electron chi connectivity index (χ2n) is 7.76. The van der Waals surface area contributed by atoms with Gasteiger partial charge in [0.25, 0.3) is 5.91 Å². The number of ether oxygens (including phenoxy) is 1. The van der Waals surface area contributed by atoms with Crippen LogP contribution in [0.4, 0.5) is 4.39 Å². The number of imidazole rings is 1. The molecule has 6 nitrogen and oxygen atoms in total. The zero-order valence-corrected chi connectivity index (χ0v) is 18.0. The van der Waals surface area contributed by atoms with Gasteiger partial charge in [0.05, 0.1) is 24.8 Å². The number of methoxy groups -OCH3 is 1. The Hall–Kier alpha value is -3.74. The molecule has 2 aromatic carbocycles. The minimum atomic E-state index is -0.742. The Morgan fingerprint density at radius 1 is 1.19 bits per heavy atom. The largest absolute Gasteiger partial charge is 0.495 e. The zero-order valence-electron chi connectivity index (χ0n) is 18.0. The fourth-order valence-electron chi connectivity index (χ4n) is 3.98. The maximum absolute atomic E-state index is 13.3. The summed E-state index contributed by atoms with van der Waals surface area (Å²) in [6, 6.07) is 10.7. The standard InChI is InChI=1S/C25H24FN3O3/c1-17-14-28(16-27-17)22-10-5-18(13-24(22)32-2)12-20-4-3-11-29(25(20)31)23(15-30)19-6-8-21(26)9-7-19/h5-10,12-16,23H,3-4,11H2,1-2H3/b20-12+. The minimum Gasteiger partial charge on any atom is -0.495 e.